The second kappa shape index (κ2) is 10.7. The minimum Gasteiger partial charge on any atom is -0.0684 e. The van der Waals surface area contributed by atoms with Crippen molar-refractivity contribution in [1.29, 1.82) is 0 Å². The first-order valence-corrected chi connectivity index (χ1v) is 16.8. The minimum atomic E-state index is -0.132. The van der Waals surface area contributed by atoms with Crippen LogP contribution in [0.3, 0.4) is 0 Å². The average Bonchev–Trinajstić information content (AvgIpc) is 3.61. The molecule has 8 atom stereocenters. The first kappa shape index (κ1) is 24.2. The Hall–Kier alpha value is -1.91. The van der Waals surface area contributed by atoms with Gasteiger partial charge in [-0.15, -0.1) is 0 Å². The molecule has 7 rings (SSSR count). The maximum Gasteiger partial charge on any atom is -0.0131 e. The third-order valence-corrected chi connectivity index (χ3v) is 14.6. The van der Waals surface area contributed by atoms with Gasteiger partial charge < -0.3 is 0 Å². The van der Waals surface area contributed by atoms with E-state index in [1.54, 1.807) is 16.4 Å². The van der Waals surface area contributed by atoms with Crippen molar-refractivity contribution in [2.45, 2.75) is 87.4 Å². The van der Waals surface area contributed by atoms with Crippen LogP contribution >= 0.6 is 7.92 Å². The van der Waals surface area contributed by atoms with E-state index in [0.717, 1.165) is 46.8 Å². The first-order valence-electron chi connectivity index (χ1n) is 15.3. The summed E-state index contributed by atoms with van der Waals surface area (Å²) in [7, 11) is -0.132. The predicted molar refractivity (Wildman–Crippen MR) is 159 cm³/mol. The summed E-state index contributed by atoms with van der Waals surface area (Å²) in [5, 5.41) is 1.74. The Labute approximate surface area is 226 Å². The summed E-state index contributed by atoms with van der Waals surface area (Å²) in [6, 6.07) is 35.1. The molecule has 37 heavy (non-hydrogen) atoms. The molecule has 4 aliphatic carbocycles. The molecule has 0 aromatic heterocycles. The van der Waals surface area contributed by atoms with Crippen molar-refractivity contribution in [2.75, 3.05) is 0 Å². The summed E-state index contributed by atoms with van der Waals surface area (Å²) in [5.74, 6) is 5.31. The second-order valence-electron chi connectivity index (χ2n) is 12.6. The molecule has 4 fully saturated rings. The molecule has 192 valence electrons. The van der Waals surface area contributed by atoms with E-state index < -0.39 is 0 Å². The van der Waals surface area contributed by atoms with Gasteiger partial charge in [-0.3, -0.25) is 0 Å². The lowest BCUT2D eigenvalue weighted by Gasteiger charge is -2.48. The zero-order valence-corrected chi connectivity index (χ0v) is 23.2. The summed E-state index contributed by atoms with van der Waals surface area (Å²) in [6.45, 7) is 0. The maximum absolute atomic E-state index is 2.53. The average molecular weight is 507 g/mol. The lowest BCUT2D eigenvalue weighted by atomic mass is 9.75. The van der Waals surface area contributed by atoms with E-state index in [1.807, 2.05) is 0 Å². The van der Waals surface area contributed by atoms with Crippen molar-refractivity contribution in [1.82, 2.24) is 0 Å². The lowest BCUT2D eigenvalue weighted by molar-refractivity contribution is 0.250. The third kappa shape index (κ3) is 4.52. The van der Waals surface area contributed by atoms with Crippen LogP contribution in [0.2, 0.25) is 0 Å². The SMILES string of the molecule is c1ccc(C2CCC3C2CCCC3P(c2ccccc2)C2CCCC3C(c4ccccc4)CCC32)cc1. The third-order valence-electron chi connectivity index (χ3n) is 11.0. The predicted octanol–water partition coefficient (Wildman–Crippen LogP) is 9.52. The molecule has 0 spiro atoms. The maximum atomic E-state index is 2.53. The molecule has 8 unspecified atom stereocenters. The Morgan fingerprint density at radius 2 is 0.838 bits per heavy atom. The van der Waals surface area contributed by atoms with Crippen LogP contribution in [0.25, 0.3) is 0 Å². The quantitative estimate of drug-likeness (QED) is 0.302. The monoisotopic (exact) mass is 506 g/mol. The molecule has 3 aromatic carbocycles. The fourth-order valence-corrected chi connectivity index (χ4v) is 13.9. The van der Waals surface area contributed by atoms with Gasteiger partial charge in [0.15, 0.2) is 0 Å². The van der Waals surface area contributed by atoms with E-state index in [4.69, 9.17) is 0 Å². The van der Waals surface area contributed by atoms with E-state index in [1.165, 1.54) is 64.2 Å². The molecule has 0 saturated heterocycles. The van der Waals surface area contributed by atoms with Crippen molar-refractivity contribution in [3.8, 4) is 0 Å². The molecule has 0 aliphatic heterocycles. The topological polar surface area (TPSA) is 0 Å². The van der Waals surface area contributed by atoms with E-state index in [0.29, 0.717) is 0 Å². The summed E-state index contributed by atoms with van der Waals surface area (Å²) in [6.07, 6.45) is 14.6. The Morgan fingerprint density at radius 1 is 0.405 bits per heavy atom. The number of hydrogen-bond acceptors (Lipinski definition) is 0. The molecule has 0 amide bonds. The Bertz CT molecular complexity index is 1070. The highest BCUT2D eigenvalue weighted by Crippen LogP contribution is 2.66. The standard InChI is InChI=1S/C36H43P/c1-4-12-26(13-5-1)29-22-24-33-31(29)18-10-20-35(33)37(28-16-8-3-9-17-28)36-21-11-19-32-30(23-25-34(32)36)27-14-6-2-7-15-27/h1-9,12-17,29-36H,10-11,18-25H2. The second-order valence-corrected chi connectivity index (χ2v) is 15.2. The van der Waals surface area contributed by atoms with Gasteiger partial charge in [-0.1, -0.05) is 112 Å². The van der Waals surface area contributed by atoms with Crippen LogP contribution in [0.15, 0.2) is 91.0 Å². The molecule has 3 aromatic rings. The molecular weight excluding hydrogens is 463 g/mol. The van der Waals surface area contributed by atoms with Crippen LogP contribution in [0, 0.1) is 23.7 Å². The molecular formula is C36H43P. The van der Waals surface area contributed by atoms with Crippen LogP contribution in [-0.2, 0) is 0 Å². The van der Waals surface area contributed by atoms with E-state index >= 15 is 0 Å². The highest BCUT2D eigenvalue weighted by atomic mass is 31.1. The van der Waals surface area contributed by atoms with Gasteiger partial charge in [-0.25, -0.2) is 0 Å². The van der Waals surface area contributed by atoms with Gasteiger partial charge in [0.25, 0.3) is 0 Å². The summed E-state index contributed by atoms with van der Waals surface area (Å²) in [5.41, 5.74) is 5.12. The van der Waals surface area contributed by atoms with E-state index in [9.17, 15) is 0 Å². The number of hydrogen-bond donors (Lipinski definition) is 0. The zero-order valence-electron chi connectivity index (χ0n) is 22.3. The molecule has 0 bridgehead atoms. The van der Waals surface area contributed by atoms with Crippen LogP contribution in [0.4, 0.5) is 0 Å². The molecule has 0 nitrogen and oxygen atoms in total. The fraction of sp³-hybridized carbons (Fsp3) is 0.500. The molecule has 4 saturated carbocycles. The van der Waals surface area contributed by atoms with Crippen molar-refractivity contribution < 1.29 is 0 Å². The van der Waals surface area contributed by atoms with Crippen LogP contribution in [0.5, 0.6) is 0 Å². The van der Waals surface area contributed by atoms with Gasteiger partial charge in [0.2, 0.25) is 0 Å². The van der Waals surface area contributed by atoms with Gasteiger partial charge in [0.1, 0.15) is 0 Å². The molecule has 0 radical (unpaired) electrons. The molecule has 0 heterocycles. The van der Waals surface area contributed by atoms with Crippen LogP contribution < -0.4 is 5.30 Å². The summed E-state index contributed by atoms with van der Waals surface area (Å²) >= 11 is 0. The van der Waals surface area contributed by atoms with Crippen LogP contribution in [0.1, 0.15) is 87.2 Å². The highest BCUT2D eigenvalue weighted by Gasteiger charge is 2.51. The number of benzene rings is 3. The molecule has 1 heteroatoms. The Balaban J connectivity index is 1.21. The first-order chi connectivity index (χ1) is 18.4. The van der Waals surface area contributed by atoms with Crippen molar-refractivity contribution in [2.24, 2.45) is 23.7 Å². The smallest absolute Gasteiger partial charge is 0.0131 e. The molecule has 4 aliphatic rings. The Kier molecular flexibility index (Phi) is 6.98. The van der Waals surface area contributed by atoms with Gasteiger partial charge >= 0.3 is 0 Å². The largest absolute Gasteiger partial charge is 0.0684 e. The van der Waals surface area contributed by atoms with Crippen molar-refractivity contribution in [3.63, 3.8) is 0 Å². The van der Waals surface area contributed by atoms with E-state index in [2.05, 4.69) is 91.0 Å². The van der Waals surface area contributed by atoms with Crippen molar-refractivity contribution in [3.05, 3.63) is 102 Å². The minimum absolute atomic E-state index is 0.132. The lowest BCUT2D eigenvalue weighted by Crippen LogP contribution is -2.39. The fourth-order valence-electron chi connectivity index (χ4n) is 9.68. The summed E-state index contributed by atoms with van der Waals surface area (Å²) < 4.78 is 0. The number of fused-ring (bicyclic) bond motifs is 2. The van der Waals surface area contributed by atoms with Crippen LogP contribution in [-0.4, -0.2) is 11.3 Å². The highest BCUT2D eigenvalue weighted by molar-refractivity contribution is 7.67. The van der Waals surface area contributed by atoms with Gasteiger partial charge in [0, 0.05) is 0 Å². The zero-order chi connectivity index (χ0) is 24.6. The Morgan fingerprint density at radius 3 is 1.30 bits per heavy atom. The van der Waals surface area contributed by atoms with Crippen molar-refractivity contribution >= 4 is 13.2 Å². The van der Waals surface area contributed by atoms with Gasteiger partial charge in [0.05, 0.1) is 0 Å². The number of rotatable bonds is 5. The normalized spacial score (nSPS) is 36.0. The van der Waals surface area contributed by atoms with Gasteiger partial charge in [-0.2, -0.15) is 0 Å². The van der Waals surface area contributed by atoms with Gasteiger partial charge in [-0.05, 0) is 115 Å². The van der Waals surface area contributed by atoms with E-state index in [-0.39, 0.29) is 7.92 Å². The molecule has 0 N–H and O–H groups in total. The summed E-state index contributed by atoms with van der Waals surface area (Å²) in [4.78, 5) is 0.